The molecule has 136 valence electrons. The van der Waals surface area contributed by atoms with Gasteiger partial charge in [0.25, 0.3) is 5.56 Å². The first kappa shape index (κ1) is 19.7. The molecule has 0 saturated carbocycles. The maximum Gasteiger partial charge on any atom is 0.271 e. The second-order valence-electron chi connectivity index (χ2n) is 5.84. The number of hydrogen-bond donors (Lipinski definition) is 1. The Morgan fingerprint density at radius 3 is 2.77 bits per heavy atom. The fourth-order valence-electron chi connectivity index (χ4n) is 2.50. The Kier molecular flexibility index (Phi) is 6.56. The summed E-state index contributed by atoms with van der Waals surface area (Å²) in [5.74, 6) is -0.218. The Bertz CT molecular complexity index is 943. The third-order valence-electron chi connectivity index (χ3n) is 4.07. The monoisotopic (exact) mass is 373 g/mol. The number of rotatable bonds is 6. The third-order valence-corrected chi connectivity index (χ3v) is 4.48. The van der Waals surface area contributed by atoms with E-state index in [1.807, 2.05) is 19.1 Å². The number of nitrogens with zero attached hydrogens (tertiary/aromatic N) is 3. The van der Waals surface area contributed by atoms with E-state index in [1.165, 1.54) is 10.8 Å². The number of pyridine rings is 1. The summed E-state index contributed by atoms with van der Waals surface area (Å²) in [6.45, 7) is 4.18. The quantitative estimate of drug-likeness (QED) is 0.620. The van der Waals surface area contributed by atoms with Gasteiger partial charge in [0.05, 0.1) is 11.3 Å². The van der Waals surface area contributed by atoms with Crippen LogP contribution in [0.2, 0.25) is 5.02 Å². The van der Waals surface area contributed by atoms with Crippen molar-refractivity contribution in [1.29, 1.82) is 5.26 Å². The minimum absolute atomic E-state index is 0.0106. The molecule has 2 aromatic rings. The van der Waals surface area contributed by atoms with E-state index >= 15 is 0 Å². The summed E-state index contributed by atoms with van der Waals surface area (Å²) in [6.07, 6.45) is 1.97. The number of aryl methyl sites for hydroxylation is 1. The standard InChI is InChI=1S/C19H20ClN3O3/c1-12-5-6-14(9-17(12)20)22-11-16-13(2)15(10-21)18(24)23(19(16)25)7-4-8-26-3/h5-6,9,11,25H,4,7-8H2,1-3H3. The van der Waals surface area contributed by atoms with Crippen LogP contribution in [0.5, 0.6) is 5.88 Å². The van der Waals surface area contributed by atoms with Crippen LogP contribution in [0, 0.1) is 25.2 Å². The van der Waals surface area contributed by atoms with E-state index in [4.69, 9.17) is 16.3 Å². The molecular formula is C19H20ClN3O3. The number of halogens is 1. The number of ether oxygens (including phenoxy) is 1. The van der Waals surface area contributed by atoms with Gasteiger partial charge in [0, 0.05) is 31.5 Å². The number of hydrogen-bond acceptors (Lipinski definition) is 5. The molecule has 0 aliphatic rings. The van der Waals surface area contributed by atoms with Crippen molar-refractivity contribution in [1.82, 2.24) is 4.57 Å². The van der Waals surface area contributed by atoms with Crippen LogP contribution in [0.3, 0.4) is 0 Å². The van der Waals surface area contributed by atoms with Crippen molar-refractivity contribution in [2.75, 3.05) is 13.7 Å². The lowest BCUT2D eigenvalue weighted by Crippen LogP contribution is -2.26. The largest absolute Gasteiger partial charge is 0.494 e. The van der Waals surface area contributed by atoms with Gasteiger partial charge in [0.2, 0.25) is 5.88 Å². The molecule has 1 aromatic heterocycles. The van der Waals surface area contributed by atoms with Gasteiger partial charge in [0.1, 0.15) is 11.6 Å². The molecule has 26 heavy (non-hydrogen) atoms. The van der Waals surface area contributed by atoms with Gasteiger partial charge in [-0.3, -0.25) is 14.4 Å². The second-order valence-corrected chi connectivity index (χ2v) is 6.25. The van der Waals surface area contributed by atoms with Gasteiger partial charge in [-0.1, -0.05) is 17.7 Å². The van der Waals surface area contributed by atoms with Crippen LogP contribution in [0.1, 0.15) is 28.7 Å². The fourth-order valence-corrected chi connectivity index (χ4v) is 2.68. The molecule has 0 saturated heterocycles. The summed E-state index contributed by atoms with van der Waals surface area (Å²) >= 11 is 6.10. The predicted octanol–water partition coefficient (Wildman–Crippen LogP) is 3.48. The highest BCUT2D eigenvalue weighted by Gasteiger charge is 2.17. The Balaban J connectivity index is 2.51. The summed E-state index contributed by atoms with van der Waals surface area (Å²) in [4.78, 5) is 16.7. The van der Waals surface area contributed by atoms with Crippen LogP contribution in [0.25, 0.3) is 0 Å². The first-order chi connectivity index (χ1) is 12.4. The zero-order chi connectivity index (χ0) is 19.3. The molecule has 6 nitrogen and oxygen atoms in total. The lowest BCUT2D eigenvalue weighted by atomic mass is 10.1. The maximum atomic E-state index is 12.4. The minimum atomic E-state index is -0.519. The SMILES string of the molecule is COCCCn1c(O)c(C=Nc2ccc(C)c(Cl)c2)c(C)c(C#N)c1=O. The summed E-state index contributed by atoms with van der Waals surface area (Å²) in [7, 11) is 1.56. The average Bonchev–Trinajstić information content (AvgIpc) is 2.61. The zero-order valence-corrected chi connectivity index (χ0v) is 15.7. The molecule has 7 heteroatoms. The number of aliphatic imine (C=N–C) groups is 1. The molecule has 1 heterocycles. The van der Waals surface area contributed by atoms with E-state index in [2.05, 4.69) is 4.99 Å². The smallest absolute Gasteiger partial charge is 0.271 e. The molecule has 1 aromatic carbocycles. The van der Waals surface area contributed by atoms with E-state index in [0.717, 1.165) is 5.56 Å². The maximum absolute atomic E-state index is 12.4. The van der Waals surface area contributed by atoms with E-state index in [-0.39, 0.29) is 18.0 Å². The van der Waals surface area contributed by atoms with Crippen molar-refractivity contribution in [3.05, 3.63) is 55.8 Å². The fraction of sp³-hybridized carbons (Fsp3) is 0.316. The van der Waals surface area contributed by atoms with Gasteiger partial charge in [-0.25, -0.2) is 0 Å². The highest BCUT2D eigenvalue weighted by Crippen LogP contribution is 2.24. The lowest BCUT2D eigenvalue weighted by molar-refractivity contribution is 0.188. The topological polar surface area (TPSA) is 87.6 Å². The molecule has 0 atom stereocenters. The van der Waals surface area contributed by atoms with Crippen LogP contribution in [-0.4, -0.2) is 29.6 Å². The summed E-state index contributed by atoms with van der Waals surface area (Å²) in [6, 6.07) is 7.26. The first-order valence-electron chi connectivity index (χ1n) is 8.06. The molecule has 0 aliphatic carbocycles. The number of nitriles is 1. The van der Waals surface area contributed by atoms with Crippen LogP contribution in [-0.2, 0) is 11.3 Å². The molecule has 0 radical (unpaired) electrons. The van der Waals surface area contributed by atoms with Gasteiger partial charge >= 0.3 is 0 Å². The van der Waals surface area contributed by atoms with Crippen LogP contribution >= 0.6 is 11.6 Å². The van der Waals surface area contributed by atoms with Crippen molar-refractivity contribution >= 4 is 23.5 Å². The molecule has 1 N–H and O–H groups in total. The molecular weight excluding hydrogens is 354 g/mol. The van der Waals surface area contributed by atoms with E-state index in [1.54, 1.807) is 26.2 Å². The summed E-state index contributed by atoms with van der Waals surface area (Å²) in [5.41, 5.74) is 1.73. The third kappa shape index (κ3) is 4.13. The van der Waals surface area contributed by atoms with Gasteiger partial charge in [0.15, 0.2) is 0 Å². The molecule has 0 spiro atoms. The van der Waals surface area contributed by atoms with Crippen LogP contribution < -0.4 is 5.56 Å². The number of benzene rings is 1. The molecule has 2 rings (SSSR count). The Hall–Kier alpha value is -2.62. The second kappa shape index (κ2) is 8.65. The lowest BCUT2D eigenvalue weighted by Gasteiger charge is -2.13. The molecule has 0 amide bonds. The minimum Gasteiger partial charge on any atom is -0.494 e. The Morgan fingerprint density at radius 1 is 1.42 bits per heavy atom. The normalized spacial score (nSPS) is 11.0. The van der Waals surface area contributed by atoms with Crippen molar-refractivity contribution in [2.45, 2.75) is 26.8 Å². The first-order valence-corrected chi connectivity index (χ1v) is 8.44. The van der Waals surface area contributed by atoms with E-state index in [0.29, 0.717) is 34.9 Å². The van der Waals surface area contributed by atoms with Gasteiger partial charge in [-0.2, -0.15) is 5.26 Å². The Labute approximate surface area is 156 Å². The van der Waals surface area contributed by atoms with Crippen molar-refractivity contribution < 1.29 is 9.84 Å². The van der Waals surface area contributed by atoms with Crippen LogP contribution in [0.4, 0.5) is 5.69 Å². The van der Waals surface area contributed by atoms with Crippen molar-refractivity contribution in [3.8, 4) is 11.9 Å². The van der Waals surface area contributed by atoms with E-state index < -0.39 is 5.56 Å². The number of methoxy groups -OCH3 is 1. The van der Waals surface area contributed by atoms with E-state index in [9.17, 15) is 15.2 Å². The number of aromatic hydroxyl groups is 1. The van der Waals surface area contributed by atoms with Crippen molar-refractivity contribution in [2.24, 2.45) is 4.99 Å². The average molecular weight is 374 g/mol. The molecule has 0 fully saturated rings. The summed E-state index contributed by atoms with van der Waals surface area (Å²) in [5, 5.41) is 20.5. The predicted molar refractivity (Wildman–Crippen MR) is 102 cm³/mol. The van der Waals surface area contributed by atoms with Crippen molar-refractivity contribution in [3.63, 3.8) is 0 Å². The van der Waals surface area contributed by atoms with Gasteiger partial charge < -0.3 is 9.84 Å². The number of aromatic nitrogens is 1. The summed E-state index contributed by atoms with van der Waals surface area (Å²) < 4.78 is 6.15. The van der Waals surface area contributed by atoms with Gasteiger partial charge in [-0.15, -0.1) is 0 Å². The zero-order valence-electron chi connectivity index (χ0n) is 14.9. The molecule has 0 bridgehead atoms. The molecule has 0 aliphatic heterocycles. The Morgan fingerprint density at radius 2 is 2.15 bits per heavy atom. The van der Waals surface area contributed by atoms with Crippen LogP contribution in [0.15, 0.2) is 28.0 Å². The highest BCUT2D eigenvalue weighted by atomic mass is 35.5. The highest BCUT2D eigenvalue weighted by molar-refractivity contribution is 6.31. The molecule has 0 unspecified atom stereocenters. The van der Waals surface area contributed by atoms with Gasteiger partial charge in [-0.05, 0) is 43.5 Å².